The molecule has 0 bridgehead atoms. The molecule has 4 heteroatoms. The van der Waals surface area contributed by atoms with Crippen LogP contribution in [0.25, 0.3) is 11.3 Å². The third kappa shape index (κ3) is 1.70. The molecule has 0 aliphatic heterocycles. The lowest BCUT2D eigenvalue weighted by Gasteiger charge is -1.92. The van der Waals surface area contributed by atoms with Crippen molar-refractivity contribution in [2.24, 2.45) is 0 Å². The van der Waals surface area contributed by atoms with Crippen molar-refractivity contribution in [1.29, 1.82) is 0 Å². The average molecular weight is 198 g/mol. The number of rotatable bonds is 1. The van der Waals surface area contributed by atoms with Gasteiger partial charge < -0.3 is 4.52 Å². The van der Waals surface area contributed by atoms with Gasteiger partial charge in [0.2, 0.25) is 0 Å². The summed E-state index contributed by atoms with van der Waals surface area (Å²) in [5.41, 5.74) is 0.751. The van der Waals surface area contributed by atoms with Crippen molar-refractivity contribution >= 4 is 11.6 Å². The predicted octanol–water partition coefficient (Wildman–Crippen LogP) is 3.13. The van der Waals surface area contributed by atoms with E-state index in [-0.39, 0.29) is 5.82 Å². The quantitative estimate of drug-likeness (QED) is 0.702. The molecule has 1 aromatic carbocycles. The number of hydrogen-bond donors (Lipinski definition) is 0. The lowest BCUT2D eigenvalue weighted by atomic mass is 10.2. The largest absolute Gasteiger partial charge is 0.355 e. The standard InChI is InChI=1S/C9H5ClFNO/c10-9-5-8(13-12-9)6-1-3-7(11)4-2-6/h1-5H. The van der Waals surface area contributed by atoms with Gasteiger partial charge in [-0.15, -0.1) is 0 Å². The van der Waals surface area contributed by atoms with Crippen molar-refractivity contribution < 1.29 is 8.91 Å². The van der Waals surface area contributed by atoms with Crippen LogP contribution in [0.4, 0.5) is 4.39 Å². The summed E-state index contributed by atoms with van der Waals surface area (Å²) in [5, 5.41) is 3.80. The molecule has 0 saturated heterocycles. The minimum atomic E-state index is -0.283. The Balaban J connectivity index is 2.41. The molecule has 66 valence electrons. The van der Waals surface area contributed by atoms with Crippen LogP contribution in [0.1, 0.15) is 0 Å². The Bertz CT molecular complexity index is 410. The highest BCUT2D eigenvalue weighted by Crippen LogP contribution is 2.22. The van der Waals surface area contributed by atoms with Gasteiger partial charge in [-0.05, 0) is 24.3 Å². The van der Waals surface area contributed by atoms with Gasteiger partial charge in [0.25, 0.3) is 0 Å². The zero-order valence-corrected chi connectivity index (χ0v) is 7.25. The van der Waals surface area contributed by atoms with Gasteiger partial charge in [-0.25, -0.2) is 4.39 Å². The van der Waals surface area contributed by atoms with Crippen LogP contribution in [0.5, 0.6) is 0 Å². The molecular formula is C9H5ClFNO. The summed E-state index contributed by atoms with van der Waals surface area (Å²) in [7, 11) is 0. The lowest BCUT2D eigenvalue weighted by molar-refractivity contribution is 0.432. The zero-order valence-electron chi connectivity index (χ0n) is 6.50. The van der Waals surface area contributed by atoms with Crippen molar-refractivity contribution in [3.8, 4) is 11.3 Å². The van der Waals surface area contributed by atoms with Crippen LogP contribution in [-0.2, 0) is 0 Å². The van der Waals surface area contributed by atoms with Gasteiger partial charge >= 0.3 is 0 Å². The fourth-order valence-electron chi connectivity index (χ4n) is 1.00. The molecule has 0 saturated carbocycles. The van der Waals surface area contributed by atoms with E-state index >= 15 is 0 Å². The van der Waals surface area contributed by atoms with E-state index in [4.69, 9.17) is 16.1 Å². The topological polar surface area (TPSA) is 26.0 Å². The molecule has 0 atom stereocenters. The van der Waals surface area contributed by atoms with Crippen LogP contribution in [0.15, 0.2) is 34.9 Å². The Labute approximate surface area is 78.9 Å². The molecule has 0 unspecified atom stereocenters. The number of aromatic nitrogens is 1. The summed E-state index contributed by atoms with van der Waals surface area (Å²) >= 11 is 5.56. The summed E-state index contributed by atoms with van der Waals surface area (Å²) in [6.07, 6.45) is 0. The van der Waals surface area contributed by atoms with Gasteiger partial charge in [-0.1, -0.05) is 16.8 Å². The normalized spacial score (nSPS) is 10.3. The molecule has 2 aromatic rings. The molecule has 0 aliphatic carbocycles. The SMILES string of the molecule is Fc1ccc(-c2cc(Cl)no2)cc1. The van der Waals surface area contributed by atoms with E-state index in [0.717, 1.165) is 5.56 Å². The molecule has 0 spiro atoms. The van der Waals surface area contributed by atoms with E-state index in [9.17, 15) is 4.39 Å². The number of nitrogens with zero attached hydrogens (tertiary/aromatic N) is 1. The molecule has 1 heterocycles. The summed E-state index contributed by atoms with van der Waals surface area (Å²) < 4.78 is 17.4. The Morgan fingerprint density at radius 1 is 1.23 bits per heavy atom. The monoisotopic (exact) mass is 197 g/mol. The van der Waals surface area contributed by atoms with Gasteiger partial charge in [-0.2, -0.15) is 0 Å². The fourth-order valence-corrected chi connectivity index (χ4v) is 1.14. The van der Waals surface area contributed by atoms with Crippen molar-refractivity contribution in [1.82, 2.24) is 5.16 Å². The first-order valence-corrected chi connectivity index (χ1v) is 4.01. The maximum absolute atomic E-state index is 12.5. The molecule has 0 aliphatic rings. The highest BCUT2D eigenvalue weighted by molar-refractivity contribution is 6.29. The van der Waals surface area contributed by atoms with Crippen molar-refractivity contribution in [2.45, 2.75) is 0 Å². The third-order valence-corrected chi connectivity index (χ3v) is 1.79. The highest BCUT2D eigenvalue weighted by Gasteiger charge is 2.04. The molecular weight excluding hydrogens is 193 g/mol. The zero-order chi connectivity index (χ0) is 9.26. The molecule has 2 rings (SSSR count). The Kier molecular flexibility index (Phi) is 2.02. The van der Waals surface area contributed by atoms with Crippen LogP contribution in [0, 0.1) is 5.82 Å². The number of halogens is 2. The predicted molar refractivity (Wildman–Crippen MR) is 46.9 cm³/mol. The van der Waals surface area contributed by atoms with Gasteiger partial charge in [0.1, 0.15) is 5.82 Å². The second-order valence-corrected chi connectivity index (χ2v) is 2.91. The Morgan fingerprint density at radius 3 is 2.46 bits per heavy atom. The summed E-state index contributed by atoms with van der Waals surface area (Å²) in [6.45, 7) is 0. The summed E-state index contributed by atoms with van der Waals surface area (Å²) in [6, 6.07) is 7.49. The molecule has 0 radical (unpaired) electrons. The maximum Gasteiger partial charge on any atom is 0.172 e. The molecule has 0 amide bonds. The maximum atomic E-state index is 12.5. The first-order valence-electron chi connectivity index (χ1n) is 3.64. The Hall–Kier alpha value is -1.35. The van der Waals surface area contributed by atoms with E-state index in [1.54, 1.807) is 18.2 Å². The van der Waals surface area contributed by atoms with Gasteiger partial charge in [0.05, 0.1) is 0 Å². The molecule has 2 nitrogen and oxygen atoms in total. The average Bonchev–Trinajstić information content (AvgIpc) is 2.53. The van der Waals surface area contributed by atoms with E-state index in [0.29, 0.717) is 10.9 Å². The minimum absolute atomic E-state index is 0.283. The van der Waals surface area contributed by atoms with Crippen LogP contribution in [-0.4, -0.2) is 5.16 Å². The fraction of sp³-hybridized carbons (Fsp3) is 0. The van der Waals surface area contributed by atoms with Crippen molar-refractivity contribution in [2.75, 3.05) is 0 Å². The van der Waals surface area contributed by atoms with Crippen LogP contribution in [0.3, 0.4) is 0 Å². The number of benzene rings is 1. The van der Waals surface area contributed by atoms with Crippen LogP contribution >= 0.6 is 11.6 Å². The first-order chi connectivity index (χ1) is 6.25. The highest BCUT2D eigenvalue weighted by atomic mass is 35.5. The van der Waals surface area contributed by atoms with Crippen molar-refractivity contribution in [3.05, 3.63) is 41.3 Å². The minimum Gasteiger partial charge on any atom is -0.355 e. The van der Waals surface area contributed by atoms with E-state index in [2.05, 4.69) is 5.16 Å². The van der Waals surface area contributed by atoms with Crippen LogP contribution < -0.4 is 0 Å². The second kappa shape index (κ2) is 3.18. The summed E-state index contributed by atoms with van der Waals surface area (Å²) in [5.74, 6) is 0.249. The van der Waals surface area contributed by atoms with E-state index < -0.39 is 0 Å². The smallest absolute Gasteiger partial charge is 0.172 e. The molecule has 0 N–H and O–H groups in total. The molecule has 1 aromatic heterocycles. The molecule has 0 fully saturated rings. The summed E-state index contributed by atoms with van der Waals surface area (Å²) in [4.78, 5) is 0. The van der Waals surface area contributed by atoms with Gasteiger partial charge in [-0.3, -0.25) is 0 Å². The van der Waals surface area contributed by atoms with Crippen molar-refractivity contribution in [3.63, 3.8) is 0 Å². The molecule has 13 heavy (non-hydrogen) atoms. The Morgan fingerprint density at radius 2 is 1.92 bits per heavy atom. The second-order valence-electron chi connectivity index (χ2n) is 2.52. The van der Waals surface area contributed by atoms with Gasteiger partial charge in [0, 0.05) is 11.6 Å². The first kappa shape index (κ1) is 8.26. The van der Waals surface area contributed by atoms with Gasteiger partial charge in [0.15, 0.2) is 10.9 Å². The van der Waals surface area contributed by atoms with E-state index in [1.807, 2.05) is 0 Å². The third-order valence-electron chi connectivity index (χ3n) is 1.61. The van der Waals surface area contributed by atoms with E-state index in [1.165, 1.54) is 12.1 Å². The van der Waals surface area contributed by atoms with Crippen LogP contribution in [0.2, 0.25) is 5.15 Å². The number of hydrogen-bond acceptors (Lipinski definition) is 2. The lowest BCUT2D eigenvalue weighted by Crippen LogP contribution is -1.74.